The molecule has 0 saturated carbocycles. The Morgan fingerprint density at radius 2 is 2.10 bits per heavy atom. The van der Waals surface area contributed by atoms with Crippen molar-refractivity contribution < 1.29 is 14.4 Å². The molecule has 1 aliphatic rings. The number of thioether (sulfide) groups is 1. The number of Topliss-reactive ketones (excluding diaryl/α,β-unsaturated/α-hetero) is 2. The van der Waals surface area contributed by atoms with Gasteiger partial charge in [-0.2, -0.15) is 0 Å². The second kappa shape index (κ2) is 6.50. The first-order chi connectivity index (χ1) is 10.1. The van der Waals surface area contributed by atoms with Crippen LogP contribution in [0.1, 0.15) is 20.7 Å². The number of rotatable bonds is 5. The van der Waals surface area contributed by atoms with Crippen molar-refractivity contribution >= 4 is 29.6 Å². The third kappa shape index (κ3) is 2.95. The SMILES string of the molecule is C=C/C=C(\C=C)C(=O)C1CSc2cc(C=O)ccc2C1=O. The van der Waals surface area contributed by atoms with Gasteiger partial charge in [-0.25, -0.2) is 0 Å². The van der Waals surface area contributed by atoms with Crippen LogP contribution in [0, 0.1) is 5.92 Å². The van der Waals surface area contributed by atoms with E-state index in [2.05, 4.69) is 13.2 Å². The minimum atomic E-state index is -0.714. The molecule has 0 fully saturated rings. The summed E-state index contributed by atoms with van der Waals surface area (Å²) in [5, 5.41) is 0. The predicted octanol–water partition coefficient (Wildman–Crippen LogP) is 3.27. The van der Waals surface area contributed by atoms with E-state index < -0.39 is 5.92 Å². The molecule has 1 heterocycles. The van der Waals surface area contributed by atoms with E-state index in [4.69, 9.17) is 0 Å². The molecule has 3 nitrogen and oxygen atoms in total. The van der Waals surface area contributed by atoms with Crippen molar-refractivity contribution in [1.29, 1.82) is 0 Å². The lowest BCUT2D eigenvalue weighted by Crippen LogP contribution is -2.30. The molecule has 1 aromatic rings. The highest BCUT2D eigenvalue weighted by Gasteiger charge is 2.34. The van der Waals surface area contributed by atoms with Gasteiger partial charge in [0.1, 0.15) is 6.29 Å². The lowest BCUT2D eigenvalue weighted by atomic mass is 9.90. The van der Waals surface area contributed by atoms with Crippen molar-refractivity contribution in [3.63, 3.8) is 0 Å². The molecule has 0 spiro atoms. The summed E-state index contributed by atoms with van der Waals surface area (Å²) in [4.78, 5) is 36.4. The van der Waals surface area contributed by atoms with Crippen molar-refractivity contribution in [3.05, 3.63) is 66.3 Å². The summed E-state index contributed by atoms with van der Waals surface area (Å²) in [6.45, 7) is 7.14. The highest BCUT2D eigenvalue weighted by atomic mass is 32.2. The molecule has 0 N–H and O–H groups in total. The van der Waals surface area contributed by atoms with Gasteiger partial charge in [-0.15, -0.1) is 11.8 Å². The second-order valence-corrected chi connectivity index (χ2v) is 5.59. The van der Waals surface area contributed by atoms with E-state index >= 15 is 0 Å². The van der Waals surface area contributed by atoms with Crippen molar-refractivity contribution in [2.45, 2.75) is 4.90 Å². The number of hydrogen-bond donors (Lipinski definition) is 0. The van der Waals surface area contributed by atoms with Crippen LogP contribution in [0.15, 0.2) is 60.1 Å². The van der Waals surface area contributed by atoms with Gasteiger partial charge in [0.05, 0.1) is 5.92 Å². The zero-order chi connectivity index (χ0) is 15.4. The van der Waals surface area contributed by atoms with Gasteiger partial charge in [-0.1, -0.05) is 37.5 Å². The van der Waals surface area contributed by atoms with E-state index in [9.17, 15) is 14.4 Å². The van der Waals surface area contributed by atoms with E-state index in [0.29, 0.717) is 22.5 Å². The first-order valence-electron chi connectivity index (χ1n) is 6.38. The predicted molar refractivity (Wildman–Crippen MR) is 83.9 cm³/mol. The lowest BCUT2D eigenvalue weighted by Gasteiger charge is -2.22. The fourth-order valence-electron chi connectivity index (χ4n) is 2.15. The average molecular weight is 298 g/mol. The Balaban J connectivity index is 2.34. The van der Waals surface area contributed by atoms with E-state index in [-0.39, 0.29) is 11.6 Å². The van der Waals surface area contributed by atoms with Crippen LogP contribution < -0.4 is 0 Å². The first kappa shape index (κ1) is 15.2. The third-order valence-corrected chi connectivity index (χ3v) is 4.40. The number of fused-ring (bicyclic) bond motifs is 1. The van der Waals surface area contributed by atoms with Gasteiger partial charge in [0.2, 0.25) is 0 Å². The van der Waals surface area contributed by atoms with E-state index in [1.54, 1.807) is 24.3 Å². The Hall–Kier alpha value is -2.20. The van der Waals surface area contributed by atoms with Crippen molar-refractivity contribution in [3.8, 4) is 0 Å². The Kier molecular flexibility index (Phi) is 4.70. The normalized spacial score (nSPS) is 17.8. The van der Waals surface area contributed by atoms with Crippen LogP contribution in [0.2, 0.25) is 0 Å². The van der Waals surface area contributed by atoms with Gasteiger partial charge in [-0.3, -0.25) is 14.4 Å². The smallest absolute Gasteiger partial charge is 0.175 e. The summed E-state index contributed by atoms with van der Waals surface area (Å²) in [5.74, 6) is -0.792. The summed E-state index contributed by atoms with van der Waals surface area (Å²) < 4.78 is 0. The second-order valence-electron chi connectivity index (χ2n) is 4.53. The molecule has 0 aromatic heterocycles. The van der Waals surface area contributed by atoms with Gasteiger partial charge in [0, 0.05) is 27.3 Å². The summed E-state index contributed by atoms with van der Waals surface area (Å²) >= 11 is 1.42. The number of carbonyl (C=O) groups excluding carboxylic acids is 3. The molecular weight excluding hydrogens is 284 g/mol. The summed E-state index contributed by atoms with van der Waals surface area (Å²) in [7, 11) is 0. The maximum absolute atomic E-state index is 12.5. The highest BCUT2D eigenvalue weighted by Crippen LogP contribution is 2.34. The highest BCUT2D eigenvalue weighted by molar-refractivity contribution is 7.99. The molecule has 0 bridgehead atoms. The largest absolute Gasteiger partial charge is 0.298 e. The summed E-state index contributed by atoms with van der Waals surface area (Å²) in [6, 6.07) is 4.88. The number of benzene rings is 1. The molecule has 1 atom stereocenters. The van der Waals surface area contributed by atoms with Gasteiger partial charge in [0.15, 0.2) is 11.6 Å². The average Bonchev–Trinajstić information content (AvgIpc) is 2.52. The van der Waals surface area contributed by atoms with Crippen LogP contribution >= 0.6 is 11.8 Å². The third-order valence-electron chi connectivity index (χ3n) is 3.25. The van der Waals surface area contributed by atoms with Crippen molar-refractivity contribution in [2.75, 3.05) is 5.75 Å². The molecule has 21 heavy (non-hydrogen) atoms. The van der Waals surface area contributed by atoms with Crippen molar-refractivity contribution in [2.24, 2.45) is 5.92 Å². The van der Waals surface area contributed by atoms with E-state index in [1.807, 2.05) is 0 Å². The Labute approximate surface area is 127 Å². The number of carbonyl (C=O) groups is 3. The Bertz CT molecular complexity index is 671. The summed E-state index contributed by atoms with van der Waals surface area (Å²) in [5.41, 5.74) is 1.41. The fourth-order valence-corrected chi connectivity index (χ4v) is 3.34. The van der Waals surface area contributed by atoms with Crippen LogP contribution in [0.3, 0.4) is 0 Å². The minimum absolute atomic E-state index is 0.206. The van der Waals surface area contributed by atoms with E-state index in [1.165, 1.54) is 23.9 Å². The molecule has 0 radical (unpaired) electrons. The topological polar surface area (TPSA) is 51.2 Å². The Morgan fingerprint density at radius 3 is 2.71 bits per heavy atom. The quantitative estimate of drug-likeness (QED) is 0.362. The number of allylic oxidation sites excluding steroid dienone is 4. The minimum Gasteiger partial charge on any atom is -0.298 e. The fraction of sp³-hybridized carbons (Fsp3) is 0.118. The molecule has 0 aliphatic carbocycles. The standard InChI is InChI=1S/C17H14O3S/c1-3-5-12(4-2)16(19)14-10-21-15-8-11(9-18)6-7-13(15)17(14)20/h3-9,14H,1-2,10H2/b12-5+. The molecule has 0 saturated heterocycles. The Morgan fingerprint density at radius 1 is 1.33 bits per heavy atom. The summed E-state index contributed by atoms with van der Waals surface area (Å²) in [6.07, 6.45) is 5.23. The molecule has 1 aromatic carbocycles. The number of aldehydes is 1. The molecule has 2 rings (SSSR count). The maximum atomic E-state index is 12.5. The molecule has 0 amide bonds. The van der Waals surface area contributed by atoms with E-state index in [0.717, 1.165) is 11.2 Å². The van der Waals surface area contributed by atoms with Gasteiger partial charge < -0.3 is 0 Å². The van der Waals surface area contributed by atoms with Crippen molar-refractivity contribution in [1.82, 2.24) is 0 Å². The van der Waals surface area contributed by atoms with Gasteiger partial charge >= 0.3 is 0 Å². The van der Waals surface area contributed by atoms with Crippen LogP contribution in [0.25, 0.3) is 0 Å². The maximum Gasteiger partial charge on any atom is 0.175 e. The van der Waals surface area contributed by atoms with Crippen LogP contribution in [0.5, 0.6) is 0 Å². The van der Waals surface area contributed by atoms with Crippen LogP contribution in [-0.4, -0.2) is 23.6 Å². The molecule has 4 heteroatoms. The number of hydrogen-bond acceptors (Lipinski definition) is 4. The van der Waals surface area contributed by atoms with Crippen LogP contribution in [-0.2, 0) is 4.79 Å². The first-order valence-corrected chi connectivity index (χ1v) is 7.36. The molecule has 1 aliphatic heterocycles. The zero-order valence-corrected chi connectivity index (χ0v) is 12.2. The number of ketones is 2. The van der Waals surface area contributed by atoms with Crippen LogP contribution in [0.4, 0.5) is 0 Å². The van der Waals surface area contributed by atoms with Gasteiger partial charge in [0.25, 0.3) is 0 Å². The monoisotopic (exact) mass is 298 g/mol. The molecular formula is C17H14O3S. The van der Waals surface area contributed by atoms with Gasteiger partial charge in [-0.05, 0) is 12.1 Å². The molecule has 1 unspecified atom stereocenters. The lowest BCUT2D eigenvalue weighted by molar-refractivity contribution is -0.117. The zero-order valence-electron chi connectivity index (χ0n) is 11.4. The molecule has 106 valence electrons.